The number of nitrogens with one attached hydrogen (secondary N) is 2. The van der Waals surface area contributed by atoms with Crippen LogP contribution in [0, 0.1) is 5.92 Å². The molecule has 5 heteroatoms. The van der Waals surface area contributed by atoms with Crippen molar-refractivity contribution >= 4 is 17.3 Å². The highest BCUT2D eigenvalue weighted by Gasteiger charge is 2.32. The molecule has 0 aromatic rings. The van der Waals surface area contributed by atoms with Crippen molar-refractivity contribution in [3.8, 4) is 0 Å². The topological polar surface area (TPSA) is 70.3 Å². The molecule has 0 aliphatic heterocycles. The minimum Gasteiger partial charge on any atom is -0.390 e. The molecule has 0 spiro atoms. The van der Waals surface area contributed by atoms with Crippen LogP contribution in [0.3, 0.4) is 0 Å². The molecule has 122 valence electrons. The molecule has 1 aliphatic carbocycles. The molecule has 2 atom stereocenters. The molecule has 21 heavy (non-hydrogen) atoms. The van der Waals surface area contributed by atoms with Gasteiger partial charge in [0.25, 0.3) is 0 Å². The van der Waals surface area contributed by atoms with Crippen molar-refractivity contribution in [2.45, 2.75) is 77.4 Å². The van der Waals surface area contributed by atoms with Crippen LogP contribution in [0.15, 0.2) is 11.6 Å². The van der Waals surface area contributed by atoms with Crippen LogP contribution < -0.4 is 16.6 Å². The molecule has 5 N–H and O–H groups in total. The average molecular weight is 314 g/mol. The zero-order chi connectivity index (χ0) is 16.1. The van der Waals surface area contributed by atoms with Crippen molar-refractivity contribution in [3.63, 3.8) is 0 Å². The van der Waals surface area contributed by atoms with Crippen LogP contribution in [-0.4, -0.2) is 21.4 Å². The molecule has 0 saturated heterocycles. The first kappa shape index (κ1) is 18.4. The van der Waals surface area contributed by atoms with Gasteiger partial charge >= 0.3 is 0 Å². The van der Waals surface area contributed by atoms with Gasteiger partial charge in [0.15, 0.2) is 5.11 Å². The third-order valence-corrected chi connectivity index (χ3v) is 4.81. The highest BCUT2D eigenvalue weighted by molar-refractivity contribution is 7.80. The lowest BCUT2D eigenvalue weighted by Gasteiger charge is -2.36. The summed E-state index contributed by atoms with van der Waals surface area (Å²) in [6, 6.07) is 0. The number of nitrogens with two attached hydrogens (primary N) is 1. The summed E-state index contributed by atoms with van der Waals surface area (Å²) >= 11 is 5.04. The molecule has 1 aliphatic rings. The number of thiocarbonyl (C=S) groups is 1. The first-order chi connectivity index (χ1) is 9.66. The quantitative estimate of drug-likeness (QED) is 0.263. The van der Waals surface area contributed by atoms with E-state index < -0.39 is 5.60 Å². The third-order valence-electron chi connectivity index (χ3n) is 4.59. The Morgan fingerprint density at radius 3 is 2.62 bits per heavy atom. The fourth-order valence-corrected chi connectivity index (χ4v) is 3.30. The normalized spacial score (nSPS) is 22.2. The molecule has 0 bridgehead atoms. The van der Waals surface area contributed by atoms with Crippen molar-refractivity contribution in [3.05, 3.63) is 11.6 Å². The van der Waals surface area contributed by atoms with Gasteiger partial charge in [0.1, 0.15) is 0 Å². The van der Waals surface area contributed by atoms with E-state index in [1.165, 1.54) is 5.57 Å². The highest BCUT2D eigenvalue weighted by atomic mass is 32.1. The fraction of sp³-hybridized carbons (Fsp3) is 0.812. The molecule has 0 fully saturated rings. The van der Waals surface area contributed by atoms with Gasteiger partial charge in [-0.15, -0.1) is 0 Å². The average Bonchev–Trinajstić information content (AvgIpc) is 2.38. The van der Waals surface area contributed by atoms with Crippen LogP contribution in [0.5, 0.6) is 0 Å². The Morgan fingerprint density at radius 2 is 2.10 bits per heavy atom. The summed E-state index contributed by atoms with van der Waals surface area (Å²) in [5.74, 6) is 5.67. The third kappa shape index (κ3) is 6.32. The van der Waals surface area contributed by atoms with Crippen LogP contribution in [0.2, 0.25) is 0 Å². The molecule has 4 nitrogen and oxygen atoms in total. The van der Waals surface area contributed by atoms with Crippen molar-refractivity contribution in [2.24, 2.45) is 11.8 Å². The van der Waals surface area contributed by atoms with E-state index in [1.54, 1.807) is 0 Å². The molecule has 1 rings (SSSR count). The van der Waals surface area contributed by atoms with Gasteiger partial charge in [-0.05, 0) is 84.4 Å². The van der Waals surface area contributed by atoms with Crippen LogP contribution >= 0.6 is 12.2 Å². The SMILES string of the molecule is CC1=CC[C@@H]([C@@](C)(O)CCCC(C)(C)NC(=S)NN)CC1. The van der Waals surface area contributed by atoms with Crippen molar-refractivity contribution in [1.29, 1.82) is 0 Å². The lowest BCUT2D eigenvalue weighted by Crippen LogP contribution is -2.50. The van der Waals surface area contributed by atoms with Gasteiger partial charge in [-0.2, -0.15) is 0 Å². The minimum atomic E-state index is -0.583. The highest BCUT2D eigenvalue weighted by Crippen LogP contribution is 2.35. The second-order valence-electron chi connectivity index (χ2n) is 7.21. The van der Waals surface area contributed by atoms with Gasteiger partial charge in [0, 0.05) is 5.54 Å². The predicted molar refractivity (Wildman–Crippen MR) is 92.7 cm³/mol. The molecule has 0 unspecified atom stereocenters. The van der Waals surface area contributed by atoms with Gasteiger partial charge < -0.3 is 15.8 Å². The number of hydrazine groups is 1. The lowest BCUT2D eigenvalue weighted by atomic mass is 9.76. The number of aliphatic hydroxyl groups is 1. The summed E-state index contributed by atoms with van der Waals surface area (Å²) in [6.07, 6.45) is 8.20. The zero-order valence-corrected chi connectivity index (χ0v) is 14.6. The predicted octanol–water partition coefficient (Wildman–Crippen LogP) is 2.77. The van der Waals surface area contributed by atoms with Gasteiger partial charge in [-0.1, -0.05) is 11.6 Å². The largest absolute Gasteiger partial charge is 0.390 e. The van der Waals surface area contributed by atoms with E-state index in [4.69, 9.17) is 18.1 Å². The fourth-order valence-electron chi connectivity index (χ4n) is 3.03. The summed E-state index contributed by atoms with van der Waals surface area (Å²) in [5, 5.41) is 14.4. The van der Waals surface area contributed by atoms with Crippen LogP contribution in [0.1, 0.15) is 66.2 Å². The number of hydrogen-bond donors (Lipinski definition) is 4. The Hall–Kier alpha value is -0.650. The zero-order valence-electron chi connectivity index (χ0n) is 13.8. The summed E-state index contributed by atoms with van der Waals surface area (Å²) in [4.78, 5) is 0. The minimum absolute atomic E-state index is 0.122. The van der Waals surface area contributed by atoms with Crippen LogP contribution in [0.25, 0.3) is 0 Å². The van der Waals surface area contributed by atoms with Gasteiger partial charge in [0.05, 0.1) is 5.60 Å². The van der Waals surface area contributed by atoms with Gasteiger partial charge in [-0.25, -0.2) is 5.84 Å². The molecular weight excluding hydrogens is 282 g/mol. The Bertz CT molecular complexity index is 391. The second kappa shape index (κ2) is 7.56. The summed E-state index contributed by atoms with van der Waals surface area (Å²) < 4.78 is 0. The first-order valence-corrected chi connectivity index (χ1v) is 8.24. The van der Waals surface area contributed by atoms with E-state index in [0.29, 0.717) is 11.0 Å². The Morgan fingerprint density at radius 1 is 1.43 bits per heavy atom. The molecule has 0 radical (unpaired) electrons. The standard InChI is InChI=1S/C16H31N3OS/c1-12-6-8-13(9-7-12)16(4,20)11-5-10-15(2,3)18-14(21)19-17/h6,13,20H,5,7-11,17H2,1-4H3,(H2,18,19,21)/t13-,16+/m1/s1. The van der Waals surface area contributed by atoms with Gasteiger partial charge in [0.2, 0.25) is 0 Å². The lowest BCUT2D eigenvalue weighted by molar-refractivity contribution is -0.0159. The monoisotopic (exact) mass is 313 g/mol. The van der Waals surface area contributed by atoms with E-state index in [2.05, 4.69) is 37.6 Å². The maximum Gasteiger partial charge on any atom is 0.181 e. The number of rotatable bonds is 6. The van der Waals surface area contributed by atoms with E-state index in [-0.39, 0.29) is 5.54 Å². The number of allylic oxidation sites excluding steroid dienone is 2. The first-order valence-electron chi connectivity index (χ1n) is 7.83. The molecule has 0 amide bonds. The summed E-state index contributed by atoms with van der Waals surface area (Å²) in [6.45, 7) is 8.35. The molecule has 0 aromatic carbocycles. The van der Waals surface area contributed by atoms with Crippen molar-refractivity contribution < 1.29 is 5.11 Å². The summed E-state index contributed by atoms with van der Waals surface area (Å²) in [7, 11) is 0. The van der Waals surface area contributed by atoms with E-state index in [9.17, 15) is 5.11 Å². The Labute approximate surface area is 134 Å². The van der Waals surface area contributed by atoms with E-state index >= 15 is 0 Å². The number of hydrogen-bond acceptors (Lipinski definition) is 3. The van der Waals surface area contributed by atoms with Crippen LogP contribution in [0.4, 0.5) is 0 Å². The molecule has 0 aromatic heterocycles. The summed E-state index contributed by atoms with van der Waals surface area (Å²) in [5.41, 5.74) is 3.20. The maximum absolute atomic E-state index is 10.7. The van der Waals surface area contributed by atoms with Crippen molar-refractivity contribution in [2.75, 3.05) is 0 Å². The van der Waals surface area contributed by atoms with E-state index in [0.717, 1.165) is 38.5 Å². The second-order valence-corrected chi connectivity index (χ2v) is 7.62. The van der Waals surface area contributed by atoms with Gasteiger partial charge in [-0.3, -0.25) is 0 Å². The van der Waals surface area contributed by atoms with Crippen LogP contribution in [-0.2, 0) is 0 Å². The maximum atomic E-state index is 10.7. The van der Waals surface area contributed by atoms with E-state index in [1.807, 2.05) is 6.92 Å². The molecule has 0 heterocycles. The van der Waals surface area contributed by atoms with Crippen molar-refractivity contribution in [1.82, 2.24) is 10.7 Å². The Balaban J connectivity index is 2.41. The molecular formula is C16H31N3OS. The Kier molecular flexibility index (Phi) is 6.63. The molecule has 0 saturated carbocycles. The smallest absolute Gasteiger partial charge is 0.181 e.